The molecule has 1 aliphatic rings. The molecule has 2 rings (SSSR count). The number of benzene rings is 1. The standard InChI is InChI=1S/C12H12N2O2.NO3/c1-16-11-4-2-10(3-5-11)12(15)8-14-7-6-13-9-14;2-1(3)4/h2-7,9H,8H2,1H3;/q;-1/p+1. The third-order valence-electron chi connectivity index (χ3n) is 2.39. The quantitative estimate of drug-likeness (QED) is 0.475. The molecule has 1 aromatic carbocycles. The molecule has 20 heavy (non-hydrogen) atoms. The summed E-state index contributed by atoms with van der Waals surface area (Å²) in [5, 5.41) is 14.8. The van der Waals surface area contributed by atoms with Crippen molar-refractivity contribution < 1.29 is 19.5 Å². The van der Waals surface area contributed by atoms with Gasteiger partial charge in [0.2, 0.25) is 5.78 Å². The van der Waals surface area contributed by atoms with Gasteiger partial charge in [0.1, 0.15) is 11.9 Å². The number of nitrogens with one attached hydrogen (secondary N) is 1. The topological polar surface area (TPSA) is 109 Å². The smallest absolute Gasteiger partial charge is 0.217 e. The summed E-state index contributed by atoms with van der Waals surface area (Å²) in [5.41, 5.74) is 0.696. The average Bonchev–Trinajstić information content (AvgIpc) is 2.91. The maximum Gasteiger partial charge on any atom is 0.217 e. The lowest BCUT2D eigenvalue weighted by Crippen LogP contribution is -3.06. The van der Waals surface area contributed by atoms with Crippen molar-refractivity contribution in [1.82, 2.24) is 0 Å². The molecular formula is C12H13N3O5. The summed E-state index contributed by atoms with van der Waals surface area (Å²) in [6.45, 7) is 0.395. The molecule has 0 saturated heterocycles. The fourth-order valence-corrected chi connectivity index (χ4v) is 1.49. The molecule has 1 aromatic rings. The molecule has 1 N–H and O–H groups in total. The number of Topliss-reactive ketones (excluding diaryl/α,β-unsaturated/α-hetero) is 1. The van der Waals surface area contributed by atoms with Gasteiger partial charge in [0, 0.05) is 5.56 Å². The first-order valence-electron chi connectivity index (χ1n) is 5.57. The predicted octanol–water partition coefficient (Wildman–Crippen LogP) is 0.0368. The zero-order valence-electron chi connectivity index (χ0n) is 10.7. The zero-order valence-corrected chi connectivity index (χ0v) is 10.7. The van der Waals surface area contributed by atoms with Crippen molar-refractivity contribution in [3.05, 3.63) is 57.6 Å². The van der Waals surface area contributed by atoms with Gasteiger partial charge >= 0.3 is 0 Å². The minimum absolute atomic E-state index is 0.0932. The highest BCUT2D eigenvalue weighted by atomic mass is 16.9. The molecule has 1 unspecified atom stereocenters. The van der Waals surface area contributed by atoms with Gasteiger partial charge in [0.15, 0.2) is 12.9 Å². The number of aliphatic imine (C=N–C) groups is 1. The van der Waals surface area contributed by atoms with E-state index in [4.69, 9.17) is 20.1 Å². The maximum absolute atomic E-state index is 11.8. The third kappa shape index (κ3) is 5.27. The summed E-state index contributed by atoms with van der Waals surface area (Å²) < 4.78 is 5.03. The number of hydrogen-bond acceptors (Lipinski definition) is 6. The first-order chi connectivity index (χ1) is 9.52. The van der Waals surface area contributed by atoms with E-state index in [-0.39, 0.29) is 5.78 Å². The molecular weight excluding hydrogens is 266 g/mol. The van der Waals surface area contributed by atoms with Crippen LogP contribution in [0.4, 0.5) is 0 Å². The van der Waals surface area contributed by atoms with Crippen LogP contribution in [0, 0.1) is 15.3 Å². The largest absolute Gasteiger partial charge is 0.497 e. The number of carbonyl (C=O) groups excluding carboxylic acids is 1. The minimum atomic E-state index is -1.75. The molecule has 1 atom stereocenters. The van der Waals surface area contributed by atoms with Crippen LogP contribution in [0.25, 0.3) is 0 Å². The van der Waals surface area contributed by atoms with Crippen LogP contribution in [0.3, 0.4) is 0 Å². The van der Waals surface area contributed by atoms with Gasteiger partial charge in [-0.25, -0.2) is 4.99 Å². The summed E-state index contributed by atoms with van der Waals surface area (Å²) >= 11 is 0. The Kier molecular flexibility index (Phi) is 5.85. The fourth-order valence-electron chi connectivity index (χ4n) is 1.49. The van der Waals surface area contributed by atoms with Gasteiger partial charge in [0.05, 0.1) is 18.4 Å². The van der Waals surface area contributed by atoms with Gasteiger partial charge in [-0.05, 0) is 24.3 Å². The molecule has 0 saturated carbocycles. The van der Waals surface area contributed by atoms with Gasteiger partial charge in [-0.15, -0.1) is 0 Å². The number of rotatable bonds is 4. The Bertz CT molecular complexity index is 508. The summed E-state index contributed by atoms with van der Waals surface area (Å²) in [6.07, 6.45) is 5.25. The molecule has 0 spiro atoms. The number of quaternary nitrogens is 1. The zero-order chi connectivity index (χ0) is 15.0. The van der Waals surface area contributed by atoms with Crippen molar-refractivity contribution in [2.75, 3.05) is 13.7 Å². The first-order valence-corrected chi connectivity index (χ1v) is 5.57. The van der Waals surface area contributed by atoms with Gasteiger partial charge in [-0.2, -0.15) is 0 Å². The summed E-state index contributed by atoms with van der Waals surface area (Å²) in [4.78, 5) is 25.0. The van der Waals surface area contributed by atoms with Crippen molar-refractivity contribution in [1.29, 1.82) is 0 Å². The number of ether oxygens (including phenoxy) is 1. The third-order valence-corrected chi connectivity index (χ3v) is 2.39. The van der Waals surface area contributed by atoms with Crippen molar-refractivity contribution >= 4 is 12.1 Å². The molecule has 1 heterocycles. The number of methoxy groups -OCH3 is 1. The molecule has 8 heteroatoms. The Hall–Kier alpha value is -2.74. The molecule has 106 valence electrons. The number of carbonyl (C=O) groups is 1. The van der Waals surface area contributed by atoms with Crippen LogP contribution in [0.2, 0.25) is 0 Å². The normalized spacial score (nSPS) is 15.3. The van der Waals surface area contributed by atoms with E-state index in [9.17, 15) is 4.79 Å². The molecule has 1 aliphatic heterocycles. The van der Waals surface area contributed by atoms with Crippen LogP contribution >= 0.6 is 0 Å². The van der Waals surface area contributed by atoms with Crippen molar-refractivity contribution in [3.8, 4) is 5.75 Å². The van der Waals surface area contributed by atoms with Crippen molar-refractivity contribution in [2.24, 2.45) is 4.99 Å². The fraction of sp³-hybridized carbons (Fsp3) is 0.167. The van der Waals surface area contributed by atoms with E-state index in [2.05, 4.69) is 4.99 Å². The van der Waals surface area contributed by atoms with Gasteiger partial charge in [-0.3, -0.25) is 9.69 Å². The predicted molar refractivity (Wildman–Crippen MR) is 71.1 cm³/mol. The Morgan fingerprint density at radius 3 is 2.40 bits per heavy atom. The van der Waals surface area contributed by atoms with E-state index < -0.39 is 5.09 Å². The van der Waals surface area contributed by atoms with E-state index in [1.165, 1.54) is 0 Å². The molecule has 0 bridgehead atoms. The van der Waals surface area contributed by atoms with Crippen LogP contribution in [0.1, 0.15) is 10.4 Å². The molecule has 0 amide bonds. The second-order valence-corrected chi connectivity index (χ2v) is 3.72. The van der Waals surface area contributed by atoms with E-state index >= 15 is 0 Å². The number of nitrogens with zero attached hydrogens (tertiary/aromatic N) is 2. The molecule has 0 radical (unpaired) electrons. The lowest BCUT2D eigenvalue weighted by Gasteiger charge is -2.05. The van der Waals surface area contributed by atoms with E-state index in [1.54, 1.807) is 43.9 Å². The Morgan fingerprint density at radius 1 is 1.35 bits per heavy atom. The Balaban J connectivity index is 0.000000444. The van der Waals surface area contributed by atoms with Crippen LogP contribution < -0.4 is 9.64 Å². The van der Waals surface area contributed by atoms with E-state index in [0.29, 0.717) is 12.1 Å². The first kappa shape index (κ1) is 15.3. The SMILES string of the molecule is COc1ccc(C(=O)C[NH+]2C=CN=C2)cc1.O=[N+]([O-])[O-]. The van der Waals surface area contributed by atoms with E-state index in [1.807, 2.05) is 6.20 Å². The summed E-state index contributed by atoms with van der Waals surface area (Å²) in [6, 6.07) is 7.13. The lowest BCUT2D eigenvalue weighted by atomic mass is 10.1. The monoisotopic (exact) mass is 279 g/mol. The summed E-state index contributed by atoms with van der Waals surface area (Å²) in [7, 11) is 1.60. The Labute approximate surface area is 114 Å². The minimum Gasteiger partial charge on any atom is -0.497 e. The maximum atomic E-state index is 11.8. The average molecular weight is 279 g/mol. The van der Waals surface area contributed by atoms with Crippen LogP contribution in [-0.4, -0.2) is 30.9 Å². The number of ketones is 1. The molecule has 0 aromatic heterocycles. The summed E-state index contributed by atoms with van der Waals surface area (Å²) in [5.74, 6) is 0.849. The lowest BCUT2D eigenvalue weighted by molar-refractivity contribution is -0.725. The van der Waals surface area contributed by atoms with Gasteiger partial charge in [0.25, 0.3) is 0 Å². The van der Waals surface area contributed by atoms with Crippen molar-refractivity contribution in [2.45, 2.75) is 0 Å². The van der Waals surface area contributed by atoms with Gasteiger partial charge in [-0.1, -0.05) is 0 Å². The van der Waals surface area contributed by atoms with Crippen LogP contribution in [0.15, 0.2) is 41.7 Å². The van der Waals surface area contributed by atoms with Gasteiger partial charge < -0.3 is 20.1 Å². The number of hydrogen-bond donors (Lipinski definition) is 1. The highest BCUT2D eigenvalue weighted by molar-refractivity contribution is 5.97. The second-order valence-electron chi connectivity index (χ2n) is 3.72. The van der Waals surface area contributed by atoms with Crippen molar-refractivity contribution in [3.63, 3.8) is 0 Å². The molecule has 0 aliphatic carbocycles. The Morgan fingerprint density at radius 2 is 1.95 bits per heavy atom. The van der Waals surface area contributed by atoms with E-state index in [0.717, 1.165) is 10.6 Å². The second kappa shape index (κ2) is 7.64. The van der Waals surface area contributed by atoms with Crippen LogP contribution in [-0.2, 0) is 0 Å². The van der Waals surface area contributed by atoms with Crippen LogP contribution in [0.5, 0.6) is 5.75 Å². The molecule has 0 fully saturated rings. The highest BCUT2D eigenvalue weighted by Gasteiger charge is 2.14. The highest BCUT2D eigenvalue weighted by Crippen LogP contribution is 2.11. The molecule has 8 nitrogen and oxygen atoms in total.